The van der Waals surface area contributed by atoms with Crippen molar-refractivity contribution in [2.75, 3.05) is 25.4 Å². The predicted molar refractivity (Wildman–Crippen MR) is 92.6 cm³/mol. The molecule has 1 heterocycles. The van der Waals surface area contributed by atoms with Crippen LogP contribution in [-0.2, 0) is 16.7 Å². The van der Waals surface area contributed by atoms with Gasteiger partial charge in [0.25, 0.3) is 0 Å². The predicted octanol–water partition coefficient (Wildman–Crippen LogP) is 3.76. The van der Waals surface area contributed by atoms with Crippen LogP contribution >= 0.6 is 11.8 Å². The molecule has 1 aromatic carbocycles. The summed E-state index contributed by atoms with van der Waals surface area (Å²) in [5.41, 5.74) is -0.00330. The van der Waals surface area contributed by atoms with Crippen LogP contribution in [0.1, 0.15) is 25.0 Å². The molecule has 2 amide bonds. The van der Waals surface area contributed by atoms with Crippen LogP contribution in [0.25, 0.3) is 0 Å². The largest absolute Gasteiger partial charge is 0.416 e. The van der Waals surface area contributed by atoms with Crippen LogP contribution in [0.15, 0.2) is 24.3 Å². The highest BCUT2D eigenvalue weighted by Gasteiger charge is 2.30. The summed E-state index contributed by atoms with van der Waals surface area (Å²) >= 11 is 1.49. The van der Waals surface area contributed by atoms with Gasteiger partial charge in [-0.15, -0.1) is 0 Å². The molecule has 0 unspecified atom stereocenters. The molecule has 0 aliphatic carbocycles. The number of carbonyl (C=O) groups is 1. The molecule has 140 valence electrons. The second-order valence-electron chi connectivity index (χ2n) is 6.14. The molecule has 25 heavy (non-hydrogen) atoms. The lowest BCUT2D eigenvalue weighted by Gasteiger charge is -2.35. The zero-order valence-electron chi connectivity index (χ0n) is 14.3. The summed E-state index contributed by atoms with van der Waals surface area (Å²) in [5.74, 6) is 1.11. The summed E-state index contributed by atoms with van der Waals surface area (Å²) in [6.45, 7) is 5.46. The minimum absolute atomic E-state index is 0.0183. The van der Waals surface area contributed by atoms with Crippen molar-refractivity contribution in [3.05, 3.63) is 35.4 Å². The van der Waals surface area contributed by atoms with Gasteiger partial charge in [-0.3, -0.25) is 0 Å². The maximum atomic E-state index is 12.7. The van der Waals surface area contributed by atoms with Crippen molar-refractivity contribution in [2.45, 2.75) is 38.0 Å². The fraction of sp³-hybridized carbons (Fsp3) is 0.588. The van der Waals surface area contributed by atoms with E-state index in [1.807, 2.05) is 13.8 Å². The molecule has 8 heteroatoms. The van der Waals surface area contributed by atoms with Crippen LogP contribution in [0.3, 0.4) is 0 Å². The Labute approximate surface area is 150 Å². The molecule has 4 nitrogen and oxygen atoms in total. The van der Waals surface area contributed by atoms with Crippen molar-refractivity contribution in [3.8, 4) is 0 Å². The highest BCUT2D eigenvalue weighted by Crippen LogP contribution is 2.30. The van der Waals surface area contributed by atoms with Gasteiger partial charge in [0.15, 0.2) is 0 Å². The van der Waals surface area contributed by atoms with Crippen molar-refractivity contribution >= 4 is 17.8 Å². The number of nitrogens with one attached hydrogen (secondary N) is 1. The lowest BCUT2D eigenvalue weighted by Crippen LogP contribution is -2.51. The average Bonchev–Trinajstić information content (AvgIpc) is 2.53. The van der Waals surface area contributed by atoms with Crippen LogP contribution in [0.4, 0.5) is 18.0 Å². The molecule has 0 radical (unpaired) electrons. The number of ether oxygens (including phenoxy) is 1. The van der Waals surface area contributed by atoms with Gasteiger partial charge in [-0.1, -0.05) is 18.2 Å². The summed E-state index contributed by atoms with van der Waals surface area (Å²) in [4.78, 5) is 13.8. The number of alkyl halides is 3. The molecule has 0 aromatic heterocycles. The quantitative estimate of drug-likeness (QED) is 0.796. The molecule has 0 spiro atoms. The Hall–Kier alpha value is -1.41. The highest BCUT2D eigenvalue weighted by atomic mass is 32.2. The van der Waals surface area contributed by atoms with E-state index >= 15 is 0 Å². The molecule has 2 atom stereocenters. The smallest absolute Gasteiger partial charge is 0.372 e. The maximum absolute atomic E-state index is 12.7. The van der Waals surface area contributed by atoms with E-state index in [0.29, 0.717) is 36.7 Å². The number of morpholine rings is 1. The van der Waals surface area contributed by atoms with Gasteiger partial charge in [-0.05, 0) is 25.5 Å². The number of urea groups is 1. The third-order valence-corrected chi connectivity index (χ3v) is 4.78. The van der Waals surface area contributed by atoms with Crippen molar-refractivity contribution in [3.63, 3.8) is 0 Å². The van der Waals surface area contributed by atoms with E-state index < -0.39 is 11.7 Å². The fourth-order valence-electron chi connectivity index (χ4n) is 2.71. The van der Waals surface area contributed by atoms with Crippen molar-refractivity contribution < 1.29 is 22.7 Å². The van der Waals surface area contributed by atoms with E-state index in [1.54, 1.807) is 11.0 Å². The van der Waals surface area contributed by atoms with Gasteiger partial charge in [0, 0.05) is 31.1 Å². The Bertz CT molecular complexity index is 573. The van der Waals surface area contributed by atoms with Crippen LogP contribution in [0.2, 0.25) is 0 Å². The number of rotatable bonds is 5. The first-order valence-electron chi connectivity index (χ1n) is 8.18. The number of thioether (sulfide) groups is 1. The molecule has 0 saturated carbocycles. The lowest BCUT2D eigenvalue weighted by atomic mass is 10.1. The van der Waals surface area contributed by atoms with Crippen molar-refractivity contribution in [1.29, 1.82) is 0 Å². The Balaban J connectivity index is 1.69. The zero-order chi connectivity index (χ0) is 18.4. The van der Waals surface area contributed by atoms with E-state index in [9.17, 15) is 18.0 Å². The summed E-state index contributed by atoms with van der Waals surface area (Å²) < 4.78 is 43.6. The number of nitrogens with zero attached hydrogens (tertiary/aromatic N) is 1. The lowest BCUT2D eigenvalue weighted by molar-refractivity contribution is -0.137. The molecular weight excluding hydrogens is 353 g/mol. The van der Waals surface area contributed by atoms with Crippen LogP contribution in [0.5, 0.6) is 0 Å². The molecule has 2 rings (SSSR count). The number of amides is 2. The Morgan fingerprint density at radius 3 is 2.64 bits per heavy atom. The van der Waals surface area contributed by atoms with E-state index in [-0.39, 0.29) is 18.2 Å². The number of benzene rings is 1. The van der Waals surface area contributed by atoms with E-state index in [0.717, 1.165) is 6.07 Å². The number of hydrogen-bond donors (Lipinski definition) is 1. The molecule has 1 aromatic rings. The second-order valence-corrected chi connectivity index (χ2v) is 7.25. The van der Waals surface area contributed by atoms with E-state index in [1.165, 1.54) is 23.9 Å². The van der Waals surface area contributed by atoms with Crippen LogP contribution in [-0.4, -0.2) is 48.5 Å². The van der Waals surface area contributed by atoms with Gasteiger partial charge in [0.05, 0.1) is 17.8 Å². The third-order valence-electron chi connectivity index (χ3n) is 3.75. The van der Waals surface area contributed by atoms with Crippen molar-refractivity contribution in [1.82, 2.24) is 10.2 Å². The third kappa shape index (κ3) is 6.43. The molecule has 1 N–H and O–H groups in total. The Morgan fingerprint density at radius 1 is 1.32 bits per heavy atom. The van der Waals surface area contributed by atoms with Crippen LogP contribution in [0, 0.1) is 0 Å². The monoisotopic (exact) mass is 376 g/mol. The standard InChI is InChI=1S/C17H23F3N2O2S/c1-12-9-22(10-13(2)24-12)16(23)21-6-7-25-11-14-4-3-5-15(8-14)17(18,19)20/h3-5,8,12-13H,6-7,9-11H2,1-2H3,(H,21,23)/t12-,13+. The zero-order valence-corrected chi connectivity index (χ0v) is 15.1. The molecule has 1 aliphatic rings. The van der Waals surface area contributed by atoms with Gasteiger partial charge >= 0.3 is 12.2 Å². The summed E-state index contributed by atoms with van der Waals surface area (Å²) in [5, 5.41) is 2.85. The average molecular weight is 376 g/mol. The number of carbonyl (C=O) groups excluding carboxylic acids is 1. The van der Waals surface area contributed by atoms with E-state index in [4.69, 9.17) is 4.74 Å². The molecule has 1 aliphatic heterocycles. The Kier molecular flexibility index (Phi) is 7.01. The second kappa shape index (κ2) is 8.80. The van der Waals surface area contributed by atoms with Crippen molar-refractivity contribution in [2.24, 2.45) is 0 Å². The summed E-state index contributed by atoms with van der Waals surface area (Å²) in [7, 11) is 0. The summed E-state index contributed by atoms with van der Waals surface area (Å²) in [6.07, 6.45) is -4.28. The van der Waals surface area contributed by atoms with Gasteiger partial charge in [-0.25, -0.2) is 4.79 Å². The molecule has 1 fully saturated rings. The minimum atomic E-state index is -4.32. The number of halogens is 3. The maximum Gasteiger partial charge on any atom is 0.416 e. The molecular formula is C17H23F3N2O2S. The topological polar surface area (TPSA) is 41.6 Å². The SMILES string of the molecule is C[C@@H]1CN(C(=O)NCCSCc2cccc(C(F)(F)F)c2)C[C@H](C)O1. The number of hydrogen-bond acceptors (Lipinski definition) is 3. The van der Waals surface area contributed by atoms with Gasteiger partial charge in [0.1, 0.15) is 0 Å². The van der Waals surface area contributed by atoms with Crippen LogP contribution < -0.4 is 5.32 Å². The first-order chi connectivity index (χ1) is 11.8. The first kappa shape index (κ1) is 19.9. The van der Waals surface area contributed by atoms with Gasteiger partial charge in [0.2, 0.25) is 0 Å². The minimum Gasteiger partial charge on any atom is -0.372 e. The van der Waals surface area contributed by atoms with Gasteiger partial charge < -0.3 is 15.0 Å². The highest BCUT2D eigenvalue weighted by molar-refractivity contribution is 7.98. The first-order valence-corrected chi connectivity index (χ1v) is 9.33. The molecule has 0 bridgehead atoms. The van der Waals surface area contributed by atoms with E-state index in [2.05, 4.69) is 5.32 Å². The fourth-order valence-corrected chi connectivity index (χ4v) is 3.52. The Morgan fingerprint density at radius 2 is 2.00 bits per heavy atom. The normalized spacial score (nSPS) is 21.2. The molecule has 1 saturated heterocycles. The van der Waals surface area contributed by atoms with Gasteiger partial charge in [-0.2, -0.15) is 24.9 Å². The summed E-state index contributed by atoms with van der Waals surface area (Å²) in [6, 6.07) is 5.21.